The van der Waals surface area contributed by atoms with Crippen molar-refractivity contribution in [2.45, 2.75) is 63.5 Å². The van der Waals surface area contributed by atoms with Gasteiger partial charge >= 0.3 is 5.97 Å². The number of carboxylic acid groups (broad SMARTS) is 1. The molecule has 2 unspecified atom stereocenters. The van der Waals surface area contributed by atoms with Crippen LogP contribution in [0.4, 0.5) is 0 Å². The number of fused-ring (bicyclic) bond motifs is 2. The molecule has 0 saturated heterocycles. The normalized spacial score (nSPS) is 23.2. The largest absolute Gasteiger partial charge is 0.481 e. The number of nitrogens with zero attached hydrogens (tertiary/aromatic N) is 2. The molecule has 0 radical (unpaired) electrons. The van der Waals surface area contributed by atoms with E-state index in [0.29, 0.717) is 25.1 Å². The zero-order valence-electron chi connectivity index (χ0n) is 18.6. The highest BCUT2D eigenvalue weighted by Crippen LogP contribution is 2.32. The topological polar surface area (TPSA) is 86.2 Å². The summed E-state index contributed by atoms with van der Waals surface area (Å²) in [6, 6.07) is 8.88. The minimum Gasteiger partial charge on any atom is -0.481 e. The van der Waals surface area contributed by atoms with Gasteiger partial charge in [0, 0.05) is 25.6 Å². The molecular formula is C24H35N4O3S+. The molecule has 3 aliphatic heterocycles. The van der Waals surface area contributed by atoms with Crippen molar-refractivity contribution >= 4 is 24.0 Å². The molecule has 0 aromatic heterocycles. The molecule has 0 saturated carbocycles. The van der Waals surface area contributed by atoms with Crippen LogP contribution in [0.3, 0.4) is 0 Å². The van der Waals surface area contributed by atoms with Gasteiger partial charge in [0.15, 0.2) is 6.73 Å². The van der Waals surface area contributed by atoms with Gasteiger partial charge in [0.25, 0.3) is 0 Å². The average molecular weight is 460 g/mol. The Morgan fingerprint density at radius 1 is 1.34 bits per heavy atom. The lowest BCUT2D eigenvalue weighted by atomic mass is 9.89. The molecule has 174 valence electrons. The zero-order valence-corrected chi connectivity index (χ0v) is 19.5. The molecule has 0 aliphatic carbocycles. The Hall–Kier alpha value is -1.87. The lowest BCUT2D eigenvalue weighted by molar-refractivity contribution is -0.137. The summed E-state index contributed by atoms with van der Waals surface area (Å²) in [6.45, 7) is 4.12. The highest BCUT2D eigenvalue weighted by molar-refractivity contribution is 7.70. The molecule has 3 N–H and O–H groups in total. The van der Waals surface area contributed by atoms with Crippen molar-refractivity contribution in [3.8, 4) is 0 Å². The van der Waals surface area contributed by atoms with Gasteiger partial charge in [0.2, 0.25) is 12.2 Å². The molecule has 4 rings (SSSR count). The lowest BCUT2D eigenvalue weighted by Gasteiger charge is -2.28. The predicted molar refractivity (Wildman–Crippen MR) is 130 cm³/mol. The number of hydrogen-bond acceptors (Lipinski definition) is 6. The van der Waals surface area contributed by atoms with E-state index in [9.17, 15) is 4.79 Å². The van der Waals surface area contributed by atoms with E-state index in [1.54, 1.807) is 0 Å². The Bertz CT molecular complexity index is 844. The maximum Gasteiger partial charge on any atom is 0.303 e. The molecule has 2 atom stereocenters. The summed E-state index contributed by atoms with van der Waals surface area (Å²) < 4.78 is 8.18. The molecule has 0 spiro atoms. The third-order valence-electron chi connectivity index (χ3n) is 6.47. The minimum atomic E-state index is -0.720. The molecule has 32 heavy (non-hydrogen) atoms. The van der Waals surface area contributed by atoms with Crippen LogP contribution in [0.1, 0.15) is 62.0 Å². The zero-order chi connectivity index (χ0) is 22.2. The van der Waals surface area contributed by atoms with Crippen molar-refractivity contribution in [2.24, 2.45) is 4.99 Å². The van der Waals surface area contributed by atoms with Gasteiger partial charge in [0.1, 0.15) is 5.84 Å². The number of amidine groups is 1. The Balaban J connectivity index is 1.16. The van der Waals surface area contributed by atoms with E-state index in [1.165, 1.54) is 23.1 Å². The van der Waals surface area contributed by atoms with Gasteiger partial charge in [-0.3, -0.25) is 15.1 Å². The number of aliphatic imine (C=N–C) groups is 1. The van der Waals surface area contributed by atoms with Gasteiger partial charge in [-0.2, -0.15) is 0 Å². The van der Waals surface area contributed by atoms with Crippen LogP contribution in [0.25, 0.3) is 0 Å². The number of hydrogen-bond donors (Lipinski definition) is 3. The van der Waals surface area contributed by atoms with Crippen molar-refractivity contribution in [3.63, 3.8) is 0 Å². The summed E-state index contributed by atoms with van der Waals surface area (Å²) in [7, 11) is 0. The molecule has 7 nitrogen and oxygen atoms in total. The summed E-state index contributed by atoms with van der Waals surface area (Å²) in [4.78, 5) is 15.7. The molecule has 0 amide bonds. The molecule has 1 aromatic rings. The SMILES string of the molecule is O=C(O)CCC1CCN([SH+]OCNCCC2CC=C3CCCN=C3N2)Cc2ccccc21. The van der Waals surface area contributed by atoms with Gasteiger partial charge < -0.3 is 10.4 Å². The van der Waals surface area contributed by atoms with E-state index < -0.39 is 5.97 Å². The van der Waals surface area contributed by atoms with Gasteiger partial charge in [-0.05, 0) is 67.7 Å². The van der Waals surface area contributed by atoms with Crippen LogP contribution < -0.4 is 10.6 Å². The fourth-order valence-corrected chi connectivity index (χ4v) is 5.45. The minimum absolute atomic E-state index is 0.220. The smallest absolute Gasteiger partial charge is 0.303 e. The second-order valence-corrected chi connectivity index (χ2v) is 9.78. The van der Waals surface area contributed by atoms with Crippen molar-refractivity contribution in [2.75, 3.05) is 26.4 Å². The lowest BCUT2D eigenvalue weighted by Crippen LogP contribution is -2.41. The third-order valence-corrected chi connectivity index (χ3v) is 7.28. The van der Waals surface area contributed by atoms with Crippen LogP contribution in [-0.4, -0.2) is 53.6 Å². The van der Waals surface area contributed by atoms with Crippen molar-refractivity contribution in [1.29, 1.82) is 0 Å². The molecule has 3 heterocycles. The predicted octanol–water partition coefficient (Wildman–Crippen LogP) is 2.92. The Labute approximate surface area is 195 Å². The van der Waals surface area contributed by atoms with Gasteiger partial charge in [-0.25, -0.2) is 0 Å². The van der Waals surface area contributed by atoms with E-state index >= 15 is 0 Å². The second-order valence-electron chi connectivity index (χ2n) is 8.79. The van der Waals surface area contributed by atoms with Crippen molar-refractivity contribution in [3.05, 3.63) is 47.0 Å². The standard InChI is InChI=1S/C24H34N4O3S/c29-23(30)10-8-18-12-15-28(16-20-4-1-2-6-22(18)20)32-31-17-25-14-11-21-9-7-19-5-3-13-26-24(19)27-21/h1-2,4,6-7,18,21,25H,3,5,8-17H2,(H,26,27)(H,29,30)/p+1. The van der Waals surface area contributed by atoms with Gasteiger partial charge in [0.05, 0.1) is 6.54 Å². The second kappa shape index (κ2) is 11.8. The summed E-state index contributed by atoms with van der Waals surface area (Å²) in [6.07, 6.45) is 8.68. The summed E-state index contributed by atoms with van der Waals surface area (Å²) >= 11 is 0.858. The molecule has 8 heteroatoms. The maximum atomic E-state index is 11.0. The Morgan fingerprint density at radius 3 is 3.16 bits per heavy atom. The Morgan fingerprint density at radius 2 is 2.25 bits per heavy atom. The third kappa shape index (κ3) is 6.57. The Kier molecular flexibility index (Phi) is 8.62. The first-order chi connectivity index (χ1) is 15.7. The van der Waals surface area contributed by atoms with Crippen LogP contribution in [0.15, 0.2) is 40.9 Å². The summed E-state index contributed by atoms with van der Waals surface area (Å²) in [5.74, 6) is 0.695. The van der Waals surface area contributed by atoms with E-state index in [4.69, 9.17) is 9.29 Å². The first kappa shape index (κ1) is 23.3. The molecule has 1 aromatic carbocycles. The summed E-state index contributed by atoms with van der Waals surface area (Å²) in [5, 5.41) is 16.1. The van der Waals surface area contributed by atoms with Crippen LogP contribution in [0, 0.1) is 0 Å². The molecule has 3 aliphatic rings. The number of rotatable bonds is 10. The number of aliphatic carboxylic acids is 1. The fraction of sp³-hybridized carbons (Fsp3) is 0.583. The highest BCUT2D eigenvalue weighted by atomic mass is 32.2. The van der Waals surface area contributed by atoms with E-state index in [0.717, 1.165) is 69.9 Å². The number of carbonyl (C=O) groups is 1. The fourth-order valence-electron chi connectivity index (χ4n) is 4.73. The first-order valence-electron chi connectivity index (χ1n) is 11.8. The first-order valence-corrected chi connectivity index (χ1v) is 12.5. The van der Waals surface area contributed by atoms with E-state index in [2.05, 4.69) is 50.3 Å². The van der Waals surface area contributed by atoms with Gasteiger partial charge in [-0.1, -0.05) is 34.6 Å². The average Bonchev–Trinajstić information content (AvgIpc) is 2.99. The number of nitrogens with one attached hydrogen (secondary N) is 2. The number of benzene rings is 1. The quantitative estimate of drug-likeness (QED) is 0.216. The van der Waals surface area contributed by atoms with Crippen LogP contribution >= 0.6 is 0 Å². The van der Waals surface area contributed by atoms with E-state index in [1.807, 2.05) is 0 Å². The van der Waals surface area contributed by atoms with Crippen LogP contribution in [-0.2, 0) is 27.8 Å². The number of thiol groups is 1. The number of carboxylic acids is 1. The molecule has 0 fully saturated rings. The van der Waals surface area contributed by atoms with Crippen molar-refractivity contribution < 1.29 is 14.1 Å². The molecule has 0 bridgehead atoms. The highest BCUT2D eigenvalue weighted by Gasteiger charge is 2.26. The summed E-state index contributed by atoms with van der Waals surface area (Å²) in [5.41, 5.74) is 3.97. The van der Waals surface area contributed by atoms with Crippen molar-refractivity contribution in [1.82, 2.24) is 14.9 Å². The maximum absolute atomic E-state index is 11.0. The van der Waals surface area contributed by atoms with Crippen LogP contribution in [0.2, 0.25) is 0 Å². The van der Waals surface area contributed by atoms with Gasteiger partial charge in [-0.15, -0.1) is 4.18 Å². The molecular weight excluding hydrogens is 424 g/mol. The monoisotopic (exact) mass is 459 g/mol. The van der Waals surface area contributed by atoms with E-state index in [-0.39, 0.29) is 6.42 Å². The van der Waals surface area contributed by atoms with Crippen LogP contribution in [0.5, 0.6) is 0 Å².